The van der Waals surface area contributed by atoms with Crippen molar-refractivity contribution in [1.82, 2.24) is 10.2 Å². The molecule has 0 bridgehead atoms. The molecule has 25 heavy (non-hydrogen) atoms. The molecule has 1 aromatic carbocycles. The Balaban J connectivity index is 1.50. The van der Waals surface area contributed by atoms with Crippen molar-refractivity contribution in [1.29, 1.82) is 0 Å². The lowest BCUT2D eigenvalue weighted by Gasteiger charge is -2.31. The first kappa shape index (κ1) is 17.5. The molecule has 1 fully saturated rings. The highest BCUT2D eigenvalue weighted by atomic mass is 35.5. The smallest absolute Gasteiger partial charge is 0.263 e. The van der Waals surface area contributed by atoms with Crippen molar-refractivity contribution in [2.75, 3.05) is 29.9 Å². The minimum atomic E-state index is -0.288. The van der Waals surface area contributed by atoms with Crippen LogP contribution in [0.3, 0.4) is 0 Å². The molecule has 1 aliphatic rings. The Kier molecular flexibility index (Phi) is 5.71. The van der Waals surface area contributed by atoms with Gasteiger partial charge in [-0.2, -0.15) is 0 Å². The van der Waals surface area contributed by atoms with Crippen LogP contribution in [-0.2, 0) is 4.79 Å². The maximum absolute atomic E-state index is 11.9. The summed E-state index contributed by atoms with van der Waals surface area (Å²) in [7, 11) is 0. The molecule has 0 aliphatic carbocycles. The fraction of sp³-hybridized carbons (Fsp3) is 0.389. The Hall–Kier alpha value is -2.34. The monoisotopic (exact) mass is 360 g/mol. The molecule has 2 aromatic rings. The summed E-state index contributed by atoms with van der Waals surface area (Å²) >= 11 is 5.80. The Labute approximate surface area is 152 Å². The lowest BCUT2D eigenvalue weighted by Crippen LogP contribution is -2.35. The van der Waals surface area contributed by atoms with E-state index < -0.39 is 0 Å². The lowest BCUT2D eigenvalue weighted by atomic mass is 10.0. The van der Waals surface area contributed by atoms with E-state index in [-0.39, 0.29) is 12.5 Å². The van der Waals surface area contributed by atoms with Crippen LogP contribution in [0.4, 0.5) is 11.6 Å². The molecular formula is C18H21ClN4O2. The Morgan fingerprint density at radius 3 is 2.76 bits per heavy atom. The number of anilines is 2. The fourth-order valence-electron chi connectivity index (χ4n) is 2.82. The topological polar surface area (TPSA) is 67.4 Å². The quantitative estimate of drug-likeness (QED) is 0.885. The molecule has 7 heteroatoms. The van der Waals surface area contributed by atoms with Crippen molar-refractivity contribution in [3.63, 3.8) is 0 Å². The van der Waals surface area contributed by atoms with Gasteiger partial charge >= 0.3 is 0 Å². The van der Waals surface area contributed by atoms with E-state index in [4.69, 9.17) is 16.3 Å². The van der Waals surface area contributed by atoms with Crippen LogP contribution in [-0.4, -0.2) is 35.8 Å². The first-order valence-corrected chi connectivity index (χ1v) is 8.75. The summed E-state index contributed by atoms with van der Waals surface area (Å²) in [4.78, 5) is 14.2. The number of amides is 1. The standard InChI is InChI=1S/C18H21ClN4O2/c1-13-3-2-10-23(11-13)17-9-8-16(21-22-17)20-18(24)12-25-15-6-4-14(19)5-7-15/h4-9,13H,2-3,10-12H2,1H3,(H,20,21,24). The summed E-state index contributed by atoms with van der Waals surface area (Å²) in [5.41, 5.74) is 0. The number of hydrogen-bond donors (Lipinski definition) is 1. The number of carbonyl (C=O) groups excluding carboxylic acids is 1. The van der Waals surface area contributed by atoms with Crippen LogP contribution in [0.15, 0.2) is 36.4 Å². The Bertz CT molecular complexity index is 706. The zero-order valence-electron chi connectivity index (χ0n) is 14.1. The summed E-state index contributed by atoms with van der Waals surface area (Å²) in [6.45, 7) is 4.14. The molecule has 0 radical (unpaired) electrons. The summed E-state index contributed by atoms with van der Waals surface area (Å²) in [5, 5.41) is 11.6. The minimum Gasteiger partial charge on any atom is -0.484 e. The first-order valence-electron chi connectivity index (χ1n) is 8.37. The third kappa shape index (κ3) is 5.06. The van der Waals surface area contributed by atoms with Crippen molar-refractivity contribution in [3.05, 3.63) is 41.4 Å². The maximum Gasteiger partial charge on any atom is 0.263 e. The molecule has 1 aromatic heterocycles. The molecule has 1 amide bonds. The largest absolute Gasteiger partial charge is 0.484 e. The third-order valence-corrected chi connectivity index (χ3v) is 4.33. The van der Waals surface area contributed by atoms with Crippen molar-refractivity contribution < 1.29 is 9.53 Å². The van der Waals surface area contributed by atoms with E-state index in [2.05, 4.69) is 27.3 Å². The molecule has 3 rings (SSSR count). The van der Waals surface area contributed by atoms with Gasteiger partial charge in [0.2, 0.25) is 0 Å². The van der Waals surface area contributed by atoms with Gasteiger partial charge < -0.3 is 15.0 Å². The molecule has 0 spiro atoms. The summed E-state index contributed by atoms with van der Waals surface area (Å²) < 4.78 is 5.40. The molecule has 1 atom stereocenters. The molecule has 132 valence electrons. The first-order chi connectivity index (χ1) is 12.1. The van der Waals surface area contributed by atoms with Gasteiger partial charge in [0.15, 0.2) is 18.2 Å². The van der Waals surface area contributed by atoms with E-state index in [0.29, 0.717) is 22.5 Å². The summed E-state index contributed by atoms with van der Waals surface area (Å²) in [5.74, 6) is 2.23. The van der Waals surface area contributed by atoms with Crippen LogP contribution in [0.2, 0.25) is 5.02 Å². The van der Waals surface area contributed by atoms with E-state index in [1.165, 1.54) is 12.8 Å². The van der Waals surface area contributed by atoms with Gasteiger partial charge in [-0.15, -0.1) is 10.2 Å². The van der Waals surface area contributed by atoms with Crippen LogP contribution in [0.5, 0.6) is 5.75 Å². The van der Waals surface area contributed by atoms with Crippen LogP contribution >= 0.6 is 11.6 Å². The van der Waals surface area contributed by atoms with Crippen molar-refractivity contribution in [2.45, 2.75) is 19.8 Å². The van der Waals surface area contributed by atoms with Gasteiger partial charge in [0, 0.05) is 18.1 Å². The van der Waals surface area contributed by atoms with Gasteiger partial charge in [0.05, 0.1) is 0 Å². The molecule has 1 aliphatic heterocycles. The number of hydrogen-bond acceptors (Lipinski definition) is 5. The van der Waals surface area contributed by atoms with Gasteiger partial charge in [0.1, 0.15) is 5.75 Å². The van der Waals surface area contributed by atoms with Crippen LogP contribution in [0.1, 0.15) is 19.8 Å². The van der Waals surface area contributed by atoms with E-state index in [0.717, 1.165) is 18.9 Å². The molecule has 0 saturated carbocycles. The van der Waals surface area contributed by atoms with Crippen LogP contribution < -0.4 is 15.0 Å². The average Bonchev–Trinajstić information content (AvgIpc) is 2.62. The van der Waals surface area contributed by atoms with Gasteiger partial charge in [-0.25, -0.2) is 0 Å². The van der Waals surface area contributed by atoms with Gasteiger partial charge in [-0.3, -0.25) is 4.79 Å². The number of carbonyl (C=O) groups is 1. The number of aromatic nitrogens is 2. The predicted molar refractivity (Wildman–Crippen MR) is 98.2 cm³/mol. The van der Waals surface area contributed by atoms with E-state index in [1.807, 2.05) is 6.07 Å². The van der Waals surface area contributed by atoms with Gasteiger partial charge in [-0.05, 0) is 55.2 Å². The summed E-state index contributed by atoms with van der Waals surface area (Å²) in [6, 6.07) is 10.5. The zero-order chi connectivity index (χ0) is 17.6. The zero-order valence-corrected chi connectivity index (χ0v) is 14.9. The highest BCUT2D eigenvalue weighted by molar-refractivity contribution is 6.30. The number of ether oxygens (including phenoxy) is 1. The molecular weight excluding hydrogens is 340 g/mol. The molecule has 6 nitrogen and oxygen atoms in total. The maximum atomic E-state index is 11.9. The SMILES string of the molecule is CC1CCCN(c2ccc(NC(=O)COc3ccc(Cl)cc3)nn2)C1. The Morgan fingerprint density at radius 2 is 2.08 bits per heavy atom. The third-order valence-electron chi connectivity index (χ3n) is 4.08. The number of halogens is 1. The van der Waals surface area contributed by atoms with Crippen LogP contribution in [0.25, 0.3) is 0 Å². The van der Waals surface area contributed by atoms with Crippen molar-refractivity contribution >= 4 is 29.1 Å². The highest BCUT2D eigenvalue weighted by Crippen LogP contribution is 2.21. The molecule has 1 saturated heterocycles. The second kappa shape index (κ2) is 8.16. The summed E-state index contributed by atoms with van der Waals surface area (Å²) in [6.07, 6.45) is 2.43. The second-order valence-corrected chi connectivity index (χ2v) is 6.70. The number of nitrogens with zero attached hydrogens (tertiary/aromatic N) is 3. The molecule has 2 heterocycles. The van der Waals surface area contributed by atoms with E-state index >= 15 is 0 Å². The second-order valence-electron chi connectivity index (χ2n) is 6.26. The van der Waals surface area contributed by atoms with E-state index in [9.17, 15) is 4.79 Å². The highest BCUT2D eigenvalue weighted by Gasteiger charge is 2.18. The number of nitrogens with one attached hydrogen (secondary N) is 1. The number of benzene rings is 1. The normalized spacial score (nSPS) is 17.2. The minimum absolute atomic E-state index is 0.102. The Morgan fingerprint density at radius 1 is 1.28 bits per heavy atom. The van der Waals surface area contributed by atoms with Crippen molar-refractivity contribution in [3.8, 4) is 5.75 Å². The average molecular weight is 361 g/mol. The lowest BCUT2D eigenvalue weighted by molar-refractivity contribution is -0.118. The fourth-order valence-corrected chi connectivity index (χ4v) is 2.94. The molecule has 1 N–H and O–H groups in total. The van der Waals surface area contributed by atoms with Gasteiger partial charge in [0.25, 0.3) is 5.91 Å². The van der Waals surface area contributed by atoms with Crippen molar-refractivity contribution in [2.24, 2.45) is 5.92 Å². The van der Waals surface area contributed by atoms with E-state index in [1.54, 1.807) is 30.3 Å². The van der Waals surface area contributed by atoms with Crippen LogP contribution in [0, 0.1) is 5.92 Å². The molecule has 1 unspecified atom stereocenters. The number of piperidine rings is 1. The predicted octanol–water partition coefficient (Wildman–Crippen LogP) is 3.38. The number of rotatable bonds is 5. The van der Waals surface area contributed by atoms with Gasteiger partial charge in [-0.1, -0.05) is 18.5 Å².